The van der Waals surface area contributed by atoms with Crippen molar-refractivity contribution in [1.29, 1.82) is 0 Å². The van der Waals surface area contributed by atoms with Gasteiger partial charge >= 0.3 is 93.1 Å². The molecule has 0 heterocycles. The molecule has 0 aliphatic carbocycles. The molecule has 0 saturated heterocycles. The second-order valence-electron chi connectivity index (χ2n) is 3.19. The van der Waals surface area contributed by atoms with Crippen molar-refractivity contribution in [2.24, 2.45) is 0 Å². The monoisotopic (exact) mass is 261 g/mol. The Hall–Kier alpha value is -0.111. The first-order valence-electron chi connectivity index (χ1n) is 4.14. The average Bonchev–Trinajstić information content (AvgIpc) is 2.09. The van der Waals surface area contributed by atoms with Crippen LogP contribution in [0.5, 0.6) is 5.75 Å². The van der Waals surface area contributed by atoms with Gasteiger partial charge in [-0.3, -0.25) is 0 Å². The van der Waals surface area contributed by atoms with E-state index >= 15 is 0 Å². The van der Waals surface area contributed by atoms with Crippen molar-refractivity contribution in [2.75, 3.05) is 7.11 Å². The molecule has 13 heavy (non-hydrogen) atoms. The summed E-state index contributed by atoms with van der Waals surface area (Å²) in [6, 6.07) is 4.04. The van der Waals surface area contributed by atoms with Crippen molar-refractivity contribution in [1.82, 2.24) is 0 Å². The summed E-state index contributed by atoms with van der Waals surface area (Å²) in [4.78, 5) is 0.897. The van der Waals surface area contributed by atoms with Crippen LogP contribution in [0.1, 0.15) is 25.3 Å². The first-order valence-corrected chi connectivity index (χ1v) is 5.45. The van der Waals surface area contributed by atoms with Crippen molar-refractivity contribution < 1.29 is 4.74 Å². The van der Waals surface area contributed by atoms with Gasteiger partial charge in [0.2, 0.25) is 0 Å². The van der Waals surface area contributed by atoms with Gasteiger partial charge < -0.3 is 0 Å². The van der Waals surface area contributed by atoms with Crippen molar-refractivity contribution in [2.45, 2.75) is 24.7 Å². The van der Waals surface area contributed by atoms with Crippen molar-refractivity contribution in [3.05, 3.63) is 17.7 Å². The zero-order valence-corrected chi connectivity index (χ0v) is 10.6. The molecule has 0 spiro atoms. The molecule has 1 aromatic carbocycles. The van der Waals surface area contributed by atoms with Crippen LogP contribution in [0, 0.1) is 0 Å². The van der Waals surface area contributed by atoms with Crippen LogP contribution in [0.3, 0.4) is 0 Å². The molecule has 1 radical (unpaired) electrons. The molecule has 3 heteroatoms. The number of hydrogen-bond acceptors (Lipinski definition) is 2. The SMILES string of the molecule is COc1ccc(C(C)C)c([Se])c1S. The molecule has 0 unspecified atom stereocenters. The van der Waals surface area contributed by atoms with Crippen molar-refractivity contribution >= 4 is 33.1 Å². The Bertz CT molecular complexity index is 310. The number of methoxy groups -OCH3 is 1. The van der Waals surface area contributed by atoms with Gasteiger partial charge in [-0.2, -0.15) is 0 Å². The third kappa shape index (κ3) is 2.22. The topological polar surface area (TPSA) is 9.23 Å². The summed E-state index contributed by atoms with van der Waals surface area (Å²) in [5.74, 6) is 1.33. The van der Waals surface area contributed by atoms with Crippen molar-refractivity contribution in [3.63, 3.8) is 0 Å². The summed E-state index contributed by atoms with van der Waals surface area (Å²) in [7, 11) is 1.66. The third-order valence-electron chi connectivity index (χ3n) is 1.97. The van der Waals surface area contributed by atoms with Gasteiger partial charge in [-0.1, -0.05) is 0 Å². The fraction of sp³-hybridized carbons (Fsp3) is 0.400. The van der Waals surface area contributed by atoms with E-state index in [2.05, 4.69) is 48.6 Å². The quantitative estimate of drug-likeness (QED) is 0.631. The fourth-order valence-corrected chi connectivity index (χ4v) is 2.33. The molecular formula is C10H13OSSe. The van der Waals surface area contributed by atoms with E-state index in [0.29, 0.717) is 5.92 Å². The average molecular weight is 260 g/mol. The molecule has 0 bridgehead atoms. The molecule has 0 aliphatic heterocycles. The van der Waals surface area contributed by atoms with E-state index < -0.39 is 0 Å². The summed E-state index contributed by atoms with van der Waals surface area (Å²) in [5, 5.41) is 0. The Labute approximate surface area is 93.1 Å². The molecule has 0 fully saturated rings. The van der Waals surface area contributed by atoms with Crippen LogP contribution in [-0.2, 0) is 0 Å². The molecular weight excluding hydrogens is 247 g/mol. The van der Waals surface area contributed by atoms with E-state index in [-0.39, 0.29) is 0 Å². The summed E-state index contributed by atoms with van der Waals surface area (Å²) in [5.41, 5.74) is 1.28. The second-order valence-corrected chi connectivity index (χ2v) is 4.49. The van der Waals surface area contributed by atoms with Crippen LogP contribution >= 0.6 is 12.6 Å². The third-order valence-corrected chi connectivity index (χ3v) is 3.67. The Kier molecular flexibility index (Phi) is 3.72. The van der Waals surface area contributed by atoms with Gasteiger partial charge in [0.1, 0.15) is 0 Å². The van der Waals surface area contributed by atoms with Crippen molar-refractivity contribution in [3.8, 4) is 5.75 Å². The molecule has 1 aromatic rings. The first-order chi connectivity index (χ1) is 6.07. The number of benzene rings is 1. The van der Waals surface area contributed by atoms with E-state index in [1.165, 1.54) is 5.56 Å². The van der Waals surface area contributed by atoms with E-state index in [0.717, 1.165) is 15.1 Å². The van der Waals surface area contributed by atoms with Gasteiger partial charge in [0.15, 0.2) is 0 Å². The van der Waals surface area contributed by atoms with Crippen LogP contribution in [0.4, 0.5) is 0 Å². The minimum atomic E-state index is 0.507. The standard InChI is InChI=1S/C10H13OSSe/c1-6(2)7-4-5-8(11-3)9(12)10(7)13/h4-6,12H,1-3H3. The van der Waals surface area contributed by atoms with Crippen LogP contribution in [0.2, 0.25) is 0 Å². The summed E-state index contributed by atoms with van der Waals surface area (Å²) in [6.45, 7) is 4.33. The second kappa shape index (κ2) is 4.41. The Morgan fingerprint density at radius 2 is 2.00 bits per heavy atom. The molecule has 0 saturated carbocycles. The van der Waals surface area contributed by atoms with Gasteiger partial charge in [0.05, 0.1) is 0 Å². The van der Waals surface area contributed by atoms with Crippen LogP contribution in [0.25, 0.3) is 0 Å². The molecule has 1 rings (SSSR count). The Morgan fingerprint density at radius 1 is 1.38 bits per heavy atom. The summed E-state index contributed by atoms with van der Waals surface area (Å²) in [6.07, 6.45) is 0. The summed E-state index contributed by atoms with van der Waals surface area (Å²) < 4.78 is 6.26. The molecule has 0 aliphatic rings. The number of thiol groups is 1. The molecule has 0 aromatic heterocycles. The van der Waals surface area contributed by atoms with Crippen LogP contribution < -0.4 is 9.20 Å². The predicted octanol–water partition coefficient (Wildman–Crippen LogP) is 1.90. The maximum absolute atomic E-state index is 5.16. The molecule has 0 amide bonds. The zero-order chi connectivity index (χ0) is 10.0. The van der Waals surface area contributed by atoms with Crippen LogP contribution in [-0.4, -0.2) is 23.1 Å². The predicted molar refractivity (Wildman–Crippen MR) is 59.7 cm³/mol. The number of rotatable bonds is 2. The van der Waals surface area contributed by atoms with E-state index in [1.807, 2.05) is 6.07 Å². The van der Waals surface area contributed by atoms with Gasteiger partial charge in [-0.25, -0.2) is 0 Å². The Morgan fingerprint density at radius 3 is 2.46 bits per heavy atom. The normalized spacial score (nSPS) is 10.5. The molecule has 0 N–H and O–H groups in total. The minimum absolute atomic E-state index is 0.507. The zero-order valence-electron chi connectivity index (χ0n) is 8.00. The maximum atomic E-state index is 5.16. The Balaban J connectivity index is 3.23. The van der Waals surface area contributed by atoms with Gasteiger partial charge in [0.25, 0.3) is 0 Å². The number of hydrogen-bond donors (Lipinski definition) is 1. The van der Waals surface area contributed by atoms with Gasteiger partial charge in [-0.05, 0) is 0 Å². The fourth-order valence-electron chi connectivity index (χ4n) is 1.19. The van der Waals surface area contributed by atoms with Crippen LogP contribution in [0.15, 0.2) is 17.0 Å². The number of ether oxygens (including phenoxy) is 1. The first kappa shape index (κ1) is 11.0. The van der Waals surface area contributed by atoms with Gasteiger partial charge in [0, 0.05) is 0 Å². The molecule has 0 atom stereocenters. The molecule has 1 nitrogen and oxygen atoms in total. The summed E-state index contributed by atoms with van der Waals surface area (Å²) >= 11 is 7.44. The van der Waals surface area contributed by atoms with E-state index in [4.69, 9.17) is 4.74 Å². The molecule has 71 valence electrons. The van der Waals surface area contributed by atoms with E-state index in [9.17, 15) is 0 Å². The van der Waals surface area contributed by atoms with Gasteiger partial charge in [-0.15, -0.1) is 0 Å². The van der Waals surface area contributed by atoms with E-state index in [1.54, 1.807) is 7.11 Å².